The second kappa shape index (κ2) is 10.8. The Labute approximate surface area is 189 Å². The van der Waals surface area contributed by atoms with Crippen molar-refractivity contribution in [2.75, 3.05) is 22.9 Å². The Morgan fingerprint density at radius 1 is 1.12 bits per heavy atom. The van der Waals surface area contributed by atoms with Crippen LogP contribution in [0.4, 0.5) is 15.9 Å². The predicted molar refractivity (Wildman–Crippen MR) is 126 cm³/mol. The molecule has 0 fully saturated rings. The molecule has 1 aromatic heterocycles. The zero-order valence-electron chi connectivity index (χ0n) is 17.7. The number of thioether (sulfide) groups is 1. The van der Waals surface area contributed by atoms with Crippen LogP contribution >= 0.6 is 11.8 Å². The number of carbonyl (C=O) groups excluding carboxylic acids is 1. The SMILES string of the molecule is CCCN(C(=O)CCSc1ccc(F)cc1)c1c(N)n(Cc2ccccc2)c(=O)[nH]c1=O. The molecule has 0 aliphatic heterocycles. The van der Waals surface area contributed by atoms with Crippen molar-refractivity contribution in [3.8, 4) is 0 Å². The van der Waals surface area contributed by atoms with Crippen LogP contribution in [0.1, 0.15) is 25.3 Å². The van der Waals surface area contributed by atoms with E-state index in [-0.39, 0.29) is 42.7 Å². The lowest BCUT2D eigenvalue weighted by molar-refractivity contribution is -0.118. The number of aromatic nitrogens is 2. The van der Waals surface area contributed by atoms with Gasteiger partial charge in [0.15, 0.2) is 5.69 Å². The van der Waals surface area contributed by atoms with Gasteiger partial charge in [-0.25, -0.2) is 9.18 Å². The largest absolute Gasteiger partial charge is 0.383 e. The summed E-state index contributed by atoms with van der Waals surface area (Å²) < 4.78 is 14.3. The normalized spacial score (nSPS) is 10.8. The topological polar surface area (TPSA) is 101 Å². The van der Waals surface area contributed by atoms with Gasteiger partial charge in [-0.15, -0.1) is 11.8 Å². The second-order valence-corrected chi connectivity index (χ2v) is 8.33. The molecule has 0 saturated carbocycles. The third-order valence-electron chi connectivity index (χ3n) is 4.81. The summed E-state index contributed by atoms with van der Waals surface area (Å²) >= 11 is 1.42. The van der Waals surface area contributed by atoms with Crippen molar-refractivity contribution in [1.82, 2.24) is 9.55 Å². The highest BCUT2D eigenvalue weighted by molar-refractivity contribution is 7.99. The lowest BCUT2D eigenvalue weighted by Gasteiger charge is -2.24. The Balaban J connectivity index is 1.83. The van der Waals surface area contributed by atoms with E-state index in [0.29, 0.717) is 12.2 Å². The molecule has 0 radical (unpaired) electrons. The highest BCUT2D eigenvalue weighted by Gasteiger charge is 2.23. The summed E-state index contributed by atoms with van der Waals surface area (Å²) in [5, 5.41) is 0. The average Bonchev–Trinajstić information content (AvgIpc) is 2.78. The Kier molecular flexibility index (Phi) is 7.88. The molecule has 168 valence electrons. The number of nitrogens with two attached hydrogens (primary N) is 1. The molecule has 0 aliphatic rings. The average molecular weight is 457 g/mol. The monoisotopic (exact) mass is 456 g/mol. The van der Waals surface area contributed by atoms with Crippen molar-refractivity contribution in [2.45, 2.75) is 31.2 Å². The number of aromatic amines is 1. The first-order valence-electron chi connectivity index (χ1n) is 10.3. The lowest BCUT2D eigenvalue weighted by Crippen LogP contribution is -2.41. The molecule has 0 saturated heterocycles. The van der Waals surface area contributed by atoms with Crippen LogP contribution in [0.5, 0.6) is 0 Å². The van der Waals surface area contributed by atoms with Gasteiger partial charge < -0.3 is 10.6 Å². The molecule has 0 unspecified atom stereocenters. The molecule has 0 spiro atoms. The van der Waals surface area contributed by atoms with Gasteiger partial charge in [0.2, 0.25) is 5.91 Å². The number of amides is 1. The molecule has 9 heteroatoms. The van der Waals surface area contributed by atoms with E-state index in [1.165, 1.54) is 33.4 Å². The number of nitrogens with one attached hydrogen (secondary N) is 1. The number of hydrogen-bond donors (Lipinski definition) is 2. The van der Waals surface area contributed by atoms with Crippen LogP contribution in [0.2, 0.25) is 0 Å². The number of anilines is 2. The van der Waals surface area contributed by atoms with E-state index in [2.05, 4.69) is 4.98 Å². The van der Waals surface area contributed by atoms with Crippen LogP contribution in [0.15, 0.2) is 69.1 Å². The van der Waals surface area contributed by atoms with E-state index in [4.69, 9.17) is 5.73 Å². The summed E-state index contributed by atoms with van der Waals surface area (Å²) in [6, 6.07) is 15.3. The summed E-state index contributed by atoms with van der Waals surface area (Å²) in [5.74, 6) is -0.189. The zero-order chi connectivity index (χ0) is 23.1. The Bertz CT molecular complexity index is 1180. The Morgan fingerprint density at radius 3 is 2.47 bits per heavy atom. The maximum atomic E-state index is 13.1. The predicted octanol–water partition coefficient (Wildman–Crippen LogP) is 3.23. The van der Waals surface area contributed by atoms with E-state index >= 15 is 0 Å². The molecule has 7 nitrogen and oxygen atoms in total. The van der Waals surface area contributed by atoms with Gasteiger partial charge in [-0.1, -0.05) is 37.3 Å². The second-order valence-electron chi connectivity index (χ2n) is 7.16. The molecular formula is C23H25FN4O3S. The molecule has 0 atom stereocenters. The number of nitrogen functional groups attached to an aromatic ring is 1. The van der Waals surface area contributed by atoms with E-state index in [9.17, 15) is 18.8 Å². The third kappa shape index (κ3) is 5.67. The number of H-pyrrole nitrogens is 1. The number of rotatable bonds is 9. The molecule has 0 bridgehead atoms. The zero-order valence-corrected chi connectivity index (χ0v) is 18.5. The summed E-state index contributed by atoms with van der Waals surface area (Å²) in [6.07, 6.45) is 0.756. The molecular weight excluding hydrogens is 431 g/mol. The fraction of sp³-hybridized carbons (Fsp3) is 0.261. The number of hydrogen-bond acceptors (Lipinski definition) is 5. The van der Waals surface area contributed by atoms with Gasteiger partial charge in [-0.3, -0.25) is 19.1 Å². The number of nitrogens with zero attached hydrogens (tertiary/aromatic N) is 2. The fourth-order valence-corrected chi connectivity index (χ4v) is 4.11. The van der Waals surface area contributed by atoms with Crippen LogP contribution in [-0.4, -0.2) is 27.8 Å². The first-order valence-corrected chi connectivity index (χ1v) is 11.2. The Morgan fingerprint density at radius 2 is 1.81 bits per heavy atom. The van der Waals surface area contributed by atoms with Crippen LogP contribution < -0.4 is 21.9 Å². The maximum Gasteiger partial charge on any atom is 0.330 e. The van der Waals surface area contributed by atoms with Crippen LogP contribution in [-0.2, 0) is 11.3 Å². The van der Waals surface area contributed by atoms with Crippen LogP contribution in [0.25, 0.3) is 0 Å². The Hall–Kier alpha value is -3.33. The van der Waals surface area contributed by atoms with Gasteiger partial charge in [-0.05, 0) is 36.2 Å². The molecule has 1 amide bonds. The van der Waals surface area contributed by atoms with Gasteiger partial charge in [0.25, 0.3) is 5.56 Å². The van der Waals surface area contributed by atoms with Crippen molar-refractivity contribution in [1.29, 1.82) is 0 Å². The van der Waals surface area contributed by atoms with E-state index in [1.54, 1.807) is 12.1 Å². The highest BCUT2D eigenvalue weighted by atomic mass is 32.2. The first kappa shape index (κ1) is 23.3. The van der Waals surface area contributed by atoms with Crippen molar-refractivity contribution in [3.63, 3.8) is 0 Å². The molecule has 0 aliphatic carbocycles. The summed E-state index contributed by atoms with van der Waals surface area (Å²) in [7, 11) is 0. The number of benzene rings is 2. The minimum absolute atomic E-state index is 0.0147. The summed E-state index contributed by atoms with van der Waals surface area (Å²) in [4.78, 5) is 42.5. The minimum Gasteiger partial charge on any atom is -0.383 e. The molecule has 3 N–H and O–H groups in total. The summed E-state index contributed by atoms with van der Waals surface area (Å²) in [6.45, 7) is 2.35. The maximum absolute atomic E-state index is 13.1. The first-order chi connectivity index (χ1) is 15.4. The quantitative estimate of drug-likeness (QED) is 0.482. The van der Waals surface area contributed by atoms with Gasteiger partial charge in [0.1, 0.15) is 11.6 Å². The van der Waals surface area contributed by atoms with Crippen LogP contribution in [0.3, 0.4) is 0 Å². The highest BCUT2D eigenvalue weighted by Crippen LogP contribution is 2.22. The lowest BCUT2D eigenvalue weighted by atomic mass is 10.2. The van der Waals surface area contributed by atoms with Crippen molar-refractivity contribution in [3.05, 3.63) is 86.8 Å². The molecule has 2 aromatic carbocycles. The molecule has 3 rings (SSSR count). The van der Waals surface area contributed by atoms with Gasteiger partial charge >= 0.3 is 5.69 Å². The number of carbonyl (C=O) groups is 1. The van der Waals surface area contributed by atoms with E-state index in [0.717, 1.165) is 10.5 Å². The number of halogens is 1. The standard InChI is InChI=1S/C23H25FN4O3S/c1-2-13-27(19(29)12-14-32-18-10-8-17(24)9-11-18)20-21(25)28(23(31)26-22(20)30)15-16-6-4-3-5-7-16/h3-11H,2,12-15,25H2,1H3,(H,26,30,31). The van der Waals surface area contributed by atoms with Crippen molar-refractivity contribution in [2.24, 2.45) is 0 Å². The van der Waals surface area contributed by atoms with Gasteiger partial charge in [-0.2, -0.15) is 0 Å². The van der Waals surface area contributed by atoms with Gasteiger partial charge in [0, 0.05) is 23.6 Å². The van der Waals surface area contributed by atoms with E-state index in [1.807, 2.05) is 37.3 Å². The molecule has 3 aromatic rings. The molecule has 1 heterocycles. The fourth-order valence-electron chi connectivity index (χ4n) is 3.27. The van der Waals surface area contributed by atoms with Gasteiger partial charge in [0.05, 0.1) is 6.54 Å². The third-order valence-corrected chi connectivity index (χ3v) is 5.83. The summed E-state index contributed by atoms with van der Waals surface area (Å²) in [5.41, 5.74) is 5.75. The molecule has 32 heavy (non-hydrogen) atoms. The van der Waals surface area contributed by atoms with Crippen molar-refractivity contribution >= 4 is 29.2 Å². The minimum atomic E-state index is -0.690. The van der Waals surface area contributed by atoms with Crippen molar-refractivity contribution < 1.29 is 9.18 Å². The van der Waals surface area contributed by atoms with Crippen LogP contribution in [0, 0.1) is 5.82 Å². The smallest absolute Gasteiger partial charge is 0.330 e. The van der Waals surface area contributed by atoms with E-state index < -0.39 is 11.2 Å².